The molecule has 0 saturated carbocycles. The number of carbonyl (C=O) groups is 1. The molecule has 1 rings (SSSR count). The van der Waals surface area contributed by atoms with E-state index in [-0.39, 0.29) is 12.5 Å². The lowest BCUT2D eigenvalue weighted by Crippen LogP contribution is -2.15. The van der Waals surface area contributed by atoms with Gasteiger partial charge in [0.2, 0.25) is 5.91 Å². The fourth-order valence-corrected chi connectivity index (χ4v) is 2.27. The van der Waals surface area contributed by atoms with Crippen LogP contribution in [0.2, 0.25) is 0 Å². The molecule has 0 aliphatic rings. The Morgan fingerprint density at radius 2 is 2.25 bits per heavy atom. The number of hydrogen-bond donors (Lipinski definition) is 2. The number of benzene rings is 1. The molecular formula is C14H21NO4S. The molecule has 0 saturated heterocycles. The van der Waals surface area contributed by atoms with Crippen LogP contribution >= 0.6 is 11.8 Å². The summed E-state index contributed by atoms with van der Waals surface area (Å²) in [6, 6.07) is 5.24. The van der Waals surface area contributed by atoms with Crippen molar-refractivity contribution in [3.8, 4) is 5.75 Å². The van der Waals surface area contributed by atoms with E-state index in [0.29, 0.717) is 36.0 Å². The Labute approximate surface area is 123 Å². The van der Waals surface area contributed by atoms with Gasteiger partial charge in [0.25, 0.3) is 0 Å². The highest BCUT2D eigenvalue weighted by Crippen LogP contribution is 2.23. The molecule has 0 aliphatic heterocycles. The summed E-state index contributed by atoms with van der Waals surface area (Å²) in [6.07, 6.45) is 0. The normalized spacial score (nSPS) is 10.3. The van der Waals surface area contributed by atoms with Gasteiger partial charge in [-0.2, -0.15) is 0 Å². The average molecular weight is 299 g/mol. The Morgan fingerprint density at radius 3 is 2.90 bits per heavy atom. The van der Waals surface area contributed by atoms with Crippen molar-refractivity contribution < 1.29 is 19.4 Å². The summed E-state index contributed by atoms with van der Waals surface area (Å²) in [7, 11) is 1.64. The van der Waals surface area contributed by atoms with Crippen LogP contribution in [0.1, 0.15) is 12.5 Å². The number of ether oxygens (including phenoxy) is 2. The number of amides is 1. The smallest absolute Gasteiger partial charge is 0.234 e. The highest BCUT2D eigenvalue weighted by Gasteiger charge is 2.07. The first-order valence-corrected chi connectivity index (χ1v) is 7.59. The second-order valence-corrected chi connectivity index (χ2v) is 5.11. The SMILES string of the molecule is CCOc1ccc(NC(=O)CSCCOC)cc1CO. The van der Waals surface area contributed by atoms with E-state index in [2.05, 4.69) is 5.32 Å². The highest BCUT2D eigenvalue weighted by atomic mass is 32.2. The molecular weight excluding hydrogens is 278 g/mol. The van der Waals surface area contributed by atoms with Crippen LogP contribution in [0.5, 0.6) is 5.75 Å². The minimum atomic E-state index is -0.123. The minimum absolute atomic E-state index is 0.0702. The van der Waals surface area contributed by atoms with Crippen LogP contribution in [-0.2, 0) is 16.1 Å². The Balaban J connectivity index is 2.52. The first-order chi connectivity index (χ1) is 9.71. The molecule has 5 nitrogen and oxygen atoms in total. The summed E-state index contributed by atoms with van der Waals surface area (Å²) in [5, 5.41) is 12.1. The molecule has 0 heterocycles. The molecule has 0 aliphatic carbocycles. The standard InChI is InChI=1S/C14H21NO4S/c1-3-19-13-5-4-12(8-11(13)9-16)15-14(17)10-20-7-6-18-2/h4-5,8,16H,3,6-7,9-10H2,1-2H3,(H,15,17). The van der Waals surface area contributed by atoms with Crippen molar-refractivity contribution in [2.45, 2.75) is 13.5 Å². The summed E-state index contributed by atoms with van der Waals surface area (Å²) >= 11 is 1.52. The van der Waals surface area contributed by atoms with Gasteiger partial charge in [0.05, 0.1) is 25.6 Å². The monoisotopic (exact) mass is 299 g/mol. The second-order valence-electron chi connectivity index (χ2n) is 4.01. The van der Waals surface area contributed by atoms with E-state index < -0.39 is 0 Å². The lowest BCUT2D eigenvalue weighted by molar-refractivity contribution is -0.113. The topological polar surface area (TPSA) is 67.8 Å². The van der Waals surface area contributed by atoms with E-state index in [4.69, 9.17) is 9.47 Å². The van der Waals surface area contributed by atoms with Gasteiger partial charge in [0.15, 0.2) is 0 Å². The van der Waals surface area contributed by atoms with Gasteiger partial charge >= 0.3 is 0 Å². The van der Waals surface area contributed by atoms with Gasteiger partial charge in [0.1, 0.15) is 5.75 Å². The van der Waals surface area contributed by atoms with Crippen LogP contribution in [0.3, 0.4) is 0 Å². The number of thioether (sulfide) groups is 1. The summed E-state index contributed by atoms with van der Waals surface area (Å²) in [4.78, 5) is 11.7. The Kier molecular flexibility index (Phi) is 8.10. The number of aliphatic hydroxyl groups excluding tert-OH is 1. The van der Waals surface area contributed by atoms with E-state index in [1.54, 1.807) is 25.3 Å². The first kappa shape index (κ1) is 16.8. The molecule has 1 amide bonds. The number of anilines is 1. The molecule has 112 valence electrons. The number of methoxy groups -OCH3 is 1. The number of hydrogen-bond acceptors (Lipinski definition) is 5. The molecule has 0 unspecified atom stereocenters. The van der Waals surface area contributed by atoms with E-state index in [9.17, 15) is 9.90 Å². The van der Waals surface area contributed by atoms with Crippen LogP contribution in [0.15, 0.2) is 18.2 Å². The fraction of sp³-hybridized carbons (Fsp3) is 0.500. The molecule has 0 aromatic heterocycles. The summed E-state index contributed by atoms with van der Waals surface area (Å²) in [5.41, 5.74) is 1.33. The summed E-state index contributed by atoms with van der Waals surface area (Å²) in [5.74, 6) is 1.74. The van der Waals surface area contributed by atoms with Gasteiger partial charge < -0.3 is 19.9 Å². The van der Waals surface area contributed by atoms with Crippen LogP contribution in [0, 0.1) is 0 Å². The van der Waals surface area contributed by atoms with Crippen LogP contribution in [0.4, 0.5) is 5.69 Å². The zero-order valence-electron chi connectivity index (χ0n) is 11.8. The first-order valence-electron chi connectivity index (χ1n) is 6.44. The molecule has 1 aromatic rings. The fourth-order valence-electron chi connectivity index (χ4n) is 1.58. The van der Waals surface area contributed by atoms with Gasteiger partial charge in [-0.1, -0.05) is 0 Å². The molecule has 1 aromatic carbocycles. The van der Waals surface area contributed by atoms with Gasteiger partial charge in [-0.05, 0) is 25.1 Å². The van der Waals surface area contributed by atoms with E-state index >= 15 is 0 Å². The average Bonchev–Trinajstić information content (AvgIpc) is 2.45. The Hall–Kier alpha value is -1.24. The van der Waals surface area contributed by atoms with Crippen LogP contribution in [-0.4, -0.2) is 42.8 Å². The number of rotatable bonds is 9. The molecule has 6 heteroatoms. The number of nitrogens with one attached hydrogen (secondary N) is 1. The molecule has 0 bridgehead atoms. The van der Waals surface area contributed by atoms with E-state index in [1.165, 1.54) is 11.8 Å². The molecule has 0 spiro atoms. The zero-order chi connectivity index (χ0) is 14.8. The third-order valence-corrected chi connectivity index (χ3v) is 3.40. The van der Waals surface area contributed by atoms with E-state index in [0.717, 1.165) is 5.75 Å². The maximum absolute atomic E-state index is 11.7. The van der Waals surface area contributed by atoms with Crippen molar-refractivity contribution in [2.75, 3.05) is 37.1 Å². The molecule has 20 heavy (non-hydrogen) atoms. The maximum Gasteiger partial charge on any atom is 0.234 e. The van der Waals surface area contributed by atoms with Crippen molar-refractivity contribution in [1.82, 2.24) is 0 Å². The van der Waals surface area contributed by atoms with Gasteiger partial charge in [-0.3, -0.25) is 4.79 Å². The Bertz CT molecular complexity index is 426. The molecule has 2 N–H and O–H groups in total. The summed E-state index contributed by atoms with van der Waals surface area (Å²) < 4.78 is 10.3. The predicted molar refractivity (Wildman–Crippen MR) is 81.4 cm³/mol. The van der Waals surface area contributed by atoms with Crippen molar-refractivity contribution in [2.24, 2.45) is 0 Å². The minimum Gasteiger partial charge on any atom is -0.494 e. The quantitative estimate of drug-likeness (QED) is 0.682. The predicted octanol–water partition coefficient (Wildman–Crippen LogP) is 1.90. The van der Waals surface area contributed by atoms with Crippen molar-refractivity contribution >= 4 is 23.4 Å². The van der Waals surface area contributed by atoms with Crippen molar-refractivity contribution in [3.05, 3.63) is 23.8 Å². The Morgan fingerprint density at radius 1 is 1.45 bits per heavy atom. The van der Waals surface area contributed by atoms with Crippen LogP contribution < -0.4 is 10.1 Å². The summed E-state index contributed by atoms with van der Waals surface area (Å²) in [6.45, 7) is 2.93. The van der Waals surface area contributed by atoms with Gasteiger partial charge in [-0.25, -0.2) is 0 Å². The third-order valence-electron chi connectivity index (χ3n) is 2.48. The van der Waals surface area contributed by atoms with Crippen molar-refractivity contribution in [3.63, 3.8) is 0 Å². The lowest BCUT2D eigenvalue weighted by atomic mass is 10.2. The van der Waals surface area contributed by atoms with E-state index in [1.807, 2.05) is 6.92 Å². The van der Waals surface area contributed by atoms with Gasteiger partial charge in [0, 0.05) is 24.1 Å². The van der Waals surface area contributed by atoms with Crippen molar-refractivity contribution in [1.29, 1.82) is 0 Å². The number of aliphatic hydroxyl groups is 1. The van der Waals surface area contributed by atoms with Crippen LogP contribution in [0.25, 0.3) is 0 Å². The highest BCUT2D eigenvalue weighted by molar-refractivity contribution is 7.99. The maximum atomic E-state index is 11.7. The third kappa shape index (κ3) is 5.81. The zero-order valence-corrected chi connectivity index (χ0v) is 12.7. The lowest BCUT2D eigenvalue weighted by Gasteiger charge is -2.11. The number of carbonyl (C=O) groups excluding carboxylic acids is 1. The largest absolute Gasteiger partial charge is 0.494 e. The molecule has 0 radical (unpaired) electrons. The van der Waals surface area contributed by atoms with Gasteiger partial charge in [-0.15, -0.1) is 11.8 Å². The molecule has 0 fully saturated rings. The second kappa shape index (κ2) is 9.63. The molecule has 0 atom stereocenters.